The van der Waals surface area contributed by atoms with Crippen LogP contribution in [-0.2, 0) is 9.84 Å². The zero-order chi connectivity index (χ0) is 11.6. The number of para-hydroxylation sites is 1. The Bertz CT molecular complexity index is 473. The Morgan fingerprint density at radius 2 is 2.06 bits per heavy atom. The largest absolute Gasteiger partial charge is 0.380 e. The molecule has 0 bridgehead atoms. The summed E-state index contributed by atoms with van der Waals surface area (Å²) in [4.78, 5) is 0. The van der Waals surface area contributed by atoms with Crippen molar-refractivity contribution in [2.75, 3.05) is 16.8 Å². The van der Waals surface area contributed by atoms with Gasteiger partial charge in [0.05, 0.1) is 11.5 Å². The van der Waals surface area contributed by atoms with Gasteiger partial charge in [0.2, 0.25) is 0 Å². The number of anilines is 1. The summed E-state index contributed by atoms with van der Waals surface area (Å²) < 4.78 is 24.1. The molecule has 1 atom stereocenters. The summed E-state index contributed by atoms with van der Waals surface area (Å²) in [6.07, 6.45) is 1.70. The van der Waals surface area contributed by atoms with Gasteiger partial charge in [-0.3, -0.25) is 0 Å². The fourth-order valence-corrected chi connectivity index (χ4v) is 4.11. The predicted octanol–water partition coefficient (Wildman–Crippen LogP) is 2.28. The summed E-state index contributed by atoms with van der Waals surface area (Å²) in [7, 11) is -2.83. The molecule has 88 valence electrons. The SMILES string of the molecule is O=S1(=O)CCCC(Nc2ccccc2I)C1. The third-order valence-electron chi connectivity index (χ3n) is 2.70. The van der Waals surface area contributed by atoms with E-state index in [2.05, 4.69) is 27.9 Å². The van der Waals surface area contributed by atoms with Crippen LogP contribution in [0, 0.1) is 3.57 Å². The third-order valence-corrected chi connectivity index (χ3v) is 5.46. The molecule has 0 saturated carbocycles. The van der Waals surface area contributed by atoms with Crippen LogP contribution in [0.4, 0.5) is 5.69 Å². The van der Waals surface area contributed by atoms with Crippen molar-refractivity contribution in [2.24, 2.45) is 0 Å². The third kappa shape index (κ3) is 3.10. The minimum absolute atomic E-state index is 0.0645. The van der Waals surface area contributed by atoms with Crippen molar-refractivity contribution in [3.8, 4) is 0 Å². The van der Waals surface area contributed by atoms with Crippen LogP contribution in [-0.4, -0.2) is 26.0 Å². The summed E-state index contributed by atoms with van der Waals surface area (Å²) in [5.74, 6) is 0.606. The molecule has 0 aromatic heterocycles. The highest BCUT2D eigenvalue weighted by Crippen LogP contribution is 2.21. The molecule has 1 fully saturated rings. The Kier molecular flexibility index (Phi) is 3.73. The van der Waals surface area contributed by atoms with E-state index in [0.29, 0.717) is 5.75 Å². The highest BCUT2D eigenvalue weighted by Gasteiger charge is 2.24. The molecule has 1 N–H and O–H groups in total. The number of nitrogens with one attached hydrogen (secondary N) is 1. The maximum atomic E-state index is 11.5. The minimum Gasteiger partial charge on any atom is -0.380 e. The van der Waals surface area contributed by atoms with Gasteiger partial charge in [-0.2, -0.15) is 0 Å². The van der Waals surface area contributed by atoms with E-state index in [1.165, 1.54) is 0 Å². The van der Waals surface area contributed by atoms with Crippen LogP contribution < -0.4 is 5.32 Å². The number of hydrogen-bond donors (Lipinski definition) is 1. The molecule has 1 aliphatic rings. The molecular formula is C11H14INO2S. The van der Waals surface area contributed by atoms with Crippen LogP contribution >= 0.6 is 22.6 Å². The van der Waals surface area contributed by atoms with Crippen LogP contribution in [0.5, 0.6) is 0 Å². The highest BCUT2D eigenvalue weighted by atomic mass is 127. The van der Waals surface area contributed by atoms with Gasteiger partial charge in [0.25, 0.3) is 0 Å². The summed E-state index contributed by atoms with van der Waals surface area (Å²) in [6, 6.07) is 8.00. The van der Waals surface area contributed by atoms with Gasteiger partial charge in [-0.1, -0.05) is 12.1 Å². The van der Waals surface area contributed by atoms with E-state index in [9.17, 15) is 8.42 Å². The molecule has 1 saturated heterocycles. The molecule has 1 heterocycles. The Morgan fingerprint density at radius 1 is 1.31 bits per heavy atom. The second kappa shape index (κ2) is 4.91. The lowest BCUT2D eigenvalue weighted by atomic mass is 10.2. The lowest BCUT2D eigenvalue weighted by Crippen LogP contribution is -2.34. The average Bonchev–Trinajstić information content (AvgIpc) is 2.20. The monoisotopic (exact) mass is 351 g/mol. The smallest absolute Gasteiger partial charge is 0.152 e. The normalized spacial score (nSPS) is 23.9. The molecule has 3 nitrogen and oxygen atoms in total. The predicted molar refractivity (Wildman–Crippen MR) is 74.5 cm³/mol. The van der Waals surface area contributed by atoms with Crippen molar-refractivity contribution < 1.29 is 8.42 Å². The summed E-state index contributed by atoms with van der Waals surface area (Å²) in [5.41, 5.74) is 1.03. The number of sulfone groups is 1. The van der Waals surface area contributed by atoms with Crippen LogP contribution in [0.1, 0.15) is 12.8 Å². The van der Waals surface area contributed by atoms with E-state index in [1.807, 2.05) is 24.3 Å². The maximum absolute atomic E-state index is 11.5. The van der Waals surface area contributed by atoms with Gasteiger partial charge in [0.1, 0.15) is 0 Å². The minimum atomic E-state index is -2.83. The summed E-state index contributed by atoms with van der Waals surface area (Å²) in [6.45, 7) is 0. The number of benzene rings is 1. The van der Waals surface area contributed by atoms with Gasteiger partial charge in [0.15, 0.2) is 9.84 Å². The van der Waals surface area contributed by atoms with Crippen LogP contribution in [0.25, 0.3) is 0 Å². The Labute approximate surface area is 110 Å². The van der Waals surface area contributed by atoms with Crippen LogP contribution in [0.15, 0.2) is 24.3 Å². The summed E-state index contributed by atoms with van der Waals surface area (Å²) in [5, 5.41) is 3.32. The molecule has 0 radical (unpaired) electrons. The first kappa shape index (κ1) is 12.2. The van der Waals surface area contributed by atoms with Gasteiger partial charge in [-0.15, -0.1) is 0 Å². The van der Waals surface area contributed by atoms with Crippen molar-refractivity contribution >= 4 is 38.1 Å². The first-order valence-electron chi connectivity index (χ1n) is 5.28. The first-order valence-corrected chi connectivity index (χ1v) is 8.18. The van der Waals surface area contributed by atoms with Crippen LogP contribution in [0.2, 0.25) is 0 Å². The number of hydrogen-bond acceptors (Lipinski definition) is 3. The van der Waals surface area contributed by atoms with Crippen molar-refractivity contribution in [1.82, 2.24) is 0 Å². The van der Waals surface area contributed by atoms with E-state index in [-0.39, 0.29) is 11.8 Å². The zero-order valence-electron chi connectivity index (χ0n) is 8.82. The van der Waals surface area contributed by atoms with Crippen molar-refractivity contribution in [3.05, 3.63) is 27.8 Å². The van der Waals surface area contributed by atoms with Crippen LogP contribution in [0.3, 0.4) is 0 Å². The molecule has 1 aromatic carbocycles. The standard InChI is InChI=1S/C11H14INO2S/c12-10-5-1-2-6-11(10)13-9-4-3-7-16(14,15)8-9/h1-2,5-6,9,13H,3-4,7-8H2. The highest BCUT2D eigenvalue weighted by molar-refractivity contribution is 14.1. The Balaban J connectivity index is 2.08. The van der Waals surface area contributed by atoms with E-state index in [1.54, 1.807) is 0 Å². The molecule has 5 heteroatoms. The molecule has 2 rings (SSSR count). The molecule has 1 aliphatic heterocycles. The fourth-order valence-electron chi connectivity index (χ4n) is 1.93. The zero-order valence-corrected chi connectivity index (χ0v) is 11.8. The van der Waals surface area contributed by atoms with Gasteiger partial charge < -0.3 is 5.32 Å². The van der Waals surface area contributed by atoms with Crippen molar-refractivity contribution in [1.29, 1.82) is 0 Å². The molecule has 1 unspecified atom stereocenters. The van der Waals surface area contributed by atoms with Crippen molar-refractivity contribution in [2.45, 2.75) is 18.9 Å². The Morgan fingerprint density at radius 3 is 2.75 bits per heavy atom. The summed E-state index contributed by atoms with van der Waals surface area (Å²) >= 11 is 2.25. The number of rotatable bonds is 2. The second-order valence-corrected chi connectivity index (χ2v) is 7.47. The maximum Gasteiger partial charge on any atom is 0.152 e. The lowest BCUT2D eigenvalue weighted by Gasteiger charge is -2.24. The quantitative estimate of drug-likeness (QED) is 0.832. The lowest BCUT2D eigenvalue weighted by molar-refractivity contribution is 0.562. The van der Waals surface area contributed by atoms with E-state index < -0.39 is 9.84 Å². The fraction of sp³-hybridized carbons (Fsp3) is 0.455. The first-order chi connectivity index (χ1) is 7.57. The molecular weight excluding hydrogens is 337 g/mol. The molecule has 0 amide bonds. The topological polar surface area (TPSA) is 46.2 Å². The molecule has 1 aromatic rings. The van der Waals surface area contributed by atoms with Crippen molar-refractivity contribution in [3.63, 3.8) is 0 Å². The van der Waals surface area contributed by atoms with Gasteiger partial charge in [-0.05, 0) is 47.6 Å². The molecule has 0 spiro atoms. The molecule has 16 heavy (non-hydrogen) atoms. The van der Waals surface area contributed by atoms with E-state index in [0.717, 1.165) is 22.1 Å². The molecule has 0 aliphatic carbocycles. The second-order valence-electron chi connectivity index (χ2n) is 4.08. The van der Waals surface area contributed by atoms with E-state index in [4.69, 9.17) is 0 Å². The average molecular weight is 351 g/mol. The van der Waals surface area contributed by atoms with Gasteiger partial charge >= 0.3 is 0 Å². The number of halogens is 1. The van der Waals surface area contributed by atoms with Gasteiger partial charge in [-0.25, -0.2) is 8.42 Å². The van der Waals surface area contributed by atoms with E-state index >= 15 is 0 Å². The van der Waals surface area contributed by atoms with Gasteiger partial charge in [0, 0.05) is 15.3 Å². The Hall–Kier alpha value is -0.300.